The van der Waals surface area contributed by atoms with Crippen LogP contribution >= 0.6 is 0 Å². The largest absolute Gasteiger partial charge is 0.347 e. The van der Waals surface area contributed by atoms with Gasteiger partial charge in [0.05, 0.1) is 5.69 Å². The van der Waals surface area contributed by atoms with E-state index in [2.05, 4.69) is 61.3 Å². The van der Waals surface area contributed by atoms with E-state index in [-0.39, 0.29) is 5.82 Å². The summed E-state index contributed by atoms with van der Waals surface area (Å²) in [5.41, 5.74) is 5.90. The van der Waals surface area contributed by atoms with Gasteiger partial charge in [-0.3, -0.25) is 4.98 Å². The molecule has 3 heteroatoms. The molecule has 0 N–H and O–H groups in total. The summed E-state index contributed by atoms with van der Waals surface area (Å²) in [6, 6.07) is 9.55. The third-order valence-electron chi connectivity index (χ3n) is 4.93. The molecule has 0 bridgehead atoms. The minimum atomic E-state index is -0.190. The summed E-state index contributed by atoms with van der Waals surface area (Å²) in [5.74, 6) is -0.190. The van der Waals surface area contributed by atoms with Crippen molar-refractivity contribution in [3.63, 3.8) is 0 Å². The molecule has 1 unspecified atom stereocenters. The number of aryl methyl sites for hydroxylation is 1. The molecule has 3 rings (SSSR count). The standard InChI is InChI=1S/C24H27FN2/c1-5-6-7-13-27-16-22(17(2)14-19(27)4)21-9-8-12-26-24(21)20-10-11-23(25)18(3)15-20/h7-16,19H,5-6H2,1-4H3/b13-7-. The Morgan fingerprint density at radius 3 is 2.78 bits per heavy atom. The van der Waals surface area contributed by atoms with Gasteiger partial charge < -0.3 is 4.90 Å². The van der Waals surface area contributed by atoms with Crippen molar-refractivity contribution in [2.24, 2.45) is 0 Å². The average Bonchev–Trinajstić information content (AvgIpc) is 2.66. The fraction of sp³-hybridized carbons (Fsp3) is 0.292. The van der Waals surface area contributed by atoms with Crippen molar-refractivity contribution in [3.05, 3.63) is 83.6 Å². The Morgan fingerprint density at radius 1 is 1.22 bits per heavy atom. The molecular weight excluding hydrogens is 335 g/mol. The molecule has 2 aromatic rings. The topological polar surface area (TPSA) is 16.1 Å². The van der Waals surface area contributed by atoms with Crippen LogP contribution in [0, 0.1) is 12.7 Å². The second kappa shape index (κ2) is 8.34. The molecule has 0 saturated carbocycles. The van der Waals surface area contributed by atoms with Crippen molar-refractivity contribution in [2.75, 3.05) is 0 Å². The first-order chi connectivity index (χ1) is 13.0. The van der Waals surface area contributed by atoms with Gasteiger partial charge >= 0.3 is 0 Å². The van der Waals surface area contributed by atoms with E-state index < -0.39 is 0 Å². The molecule has 2 heterocycles. The second-order valence-electron chi connectivity index (χ2n) is 7.12. The number of allylic oxidation sites excluding steroid dienone is 3. The normalized spacial score (nSPS) is 17.2. The minimum Gasteiger partial charge on any atom is -0.347 e. The summed E-state index contributed by atoms with van der Waals surface area (Å²) in [7, 11) is 0. The maximum absolute atomic E-state index is 13.7. The fourth-order valence-electron chi connectivity index (χ4n) is 3.37. The highest BCUT2D eigenvalue weighted by Crippen LogP contribution is 2.34. The third-order valence-corrected chi connectivity index (χ3v) is 4.93. The lowest BCUT2D eigenvalue weighted by atomic mass is 9.91. The highest BCUT2D eigenvalue weighted by Gasteiger charge is 2.19. The molecular formula is C24H27FN2. The predicted octanol–water partition coefficient (Wildman–Crippen LogP) is 6.50. The SMILES string of the molecule is CCC/C=C\N1C=C(c2cccnc2-c2ccc(F)c(C)c2)C(C)=CC1C. The van der Waals surface area contributed by atoms with Gasteiger partial charge in [-0.15, -0.1) is 0 Å². The van der Waals surface area contributed by atoms with Crippen LogP contribution in [0.2, 0.25) is 0 Å². The highest BCUT2D eigenvalue weighted by atomic mass is 19.1. The number of aromatic nitrogens is 1. The van der Waals surface area contributed by atoms with Gasteiger partial charge in [0.15, 0.2) is 0 Å². The Bertz CT molecular complexity index is 908. The molecule has 0 fully saturated rings. The van der Waals surface area contributed by atoms with Gasteiger partial charge in [0.2, 0.25) is 0 Å². The molecule has 0 aliphatic carbocycles. The first kappa shape index (κ1) is 19.1. The summed E-state index contributed by atoms with van der Waals surface area (Å²) in [4.78, 5) is 6.86. The number of halogens is 1. The Labute approximate surface area is 161 Å². The summed E-state index contributed by atoms with van der Waals surface area (Å²) >= 11 is 0. The lowest BCUT2D eigenvalue weighted by Gasteiger charge is -2.29. The molecule has 27 heavy (non-hydrogen) atoms. The van der Waals surface area contributed by atoms with Crippen molar-refractivity contribution in [1.29, 1.82) is 0 Å². The van der Waals surface area contributed by atoms with E-state index >= 15 is 0 Å². The zero-order valence-corrected chi connectivity index (χ0v) is 16.5. The highest BCUT2D eigenvalue weighted by molar-refractivity contribution is 5.87. The van der Waals surface area contributed by atoms with Crippen molar-refractivity contribution in [1.82, 2.24) is 9.88 Å². The van der Waals surface area contributed by atoms with Gasteiger partial charge in [-0.1, -0.05) is 31.6 Å². The van der Waals surface area contributed by atoms with E-state index in [9.17, 15) is 4.39 Å². The monoisotopic (exact) mass is 362 g/mol. The number of pyridine rings is 1. The van der Waals surface area contributed by atoms with Gasteiger partial charge in [0.1, 0.15) is 5.82 Å². The smallest absolute Gasteiger partial charge is 0.126 e. The Balaban J connectivity index is 2.06. The molecule has 140 valence electrons. The van der Waals surface area contributed by atoms with Gasteiger partial charge in [-0.05, 0) is 62.6 Å². The number of hydrogen-bond donors (Lipinski definition) is 0. The van der Waals surface area contributed by atoms with Crippen LogP contribution in [0.5, 0.6) is 0 Å². The van der Waals surface area contributed by atoms with E-state index in [4.69, 9.17) is 0 Å². The molecule has 0 spiro atoms. The molecule has 1 aromatic carbocycles. The molecule has 0 radical (unpaired) electrons. The number of hydrogen-bond acceptors (Lipinski definition) is 2. The first-order valence-electron chi connectivity index (χ1n) is 9.58. The van der Waals surface area contributed by atoms with E-state index in [0.717, 1.165) is 35.2 Å². The Hall–Kier alpha value is -2.68. The molecule has 2 nitrogen and oxygen atoms in total. The lowest BCUT2D eigenvalue weighted by molar-refractivity contribution is 0.446. The zero-order valence-electron chi connectivity index (χ0n) is 16.5. The van der Waals surface area contributed by atoms with Crippen molar-refractivity contribution < 1.29 is 4.39 Å². The van der Waals surface area contributed by atoms with Crippen LogP contribution in [-0.2, 0) is 0 Å². The number of nitrogens with zero attached hydrogens (tertiary/aromatic N) is 2. The maximum atomic E-state index is 13.7. The third kappa shape index (κ3) is 4.19. The van der Waals surface area contributed by atoms with Crippen LogP contribution in [0.3, 0.4) is 0 Å². The second-order valence-corrected chi connectivity index (χ2v) is 7.12. The summed E-state index contributed by atoms with van der Waals surface area (Å²) in [5, 5.41) is 0. The Kier molecular flexibility index (Phi) is 5.90. The number of rotatable bonds is 5. The van der Waals surface area contributed by atoms with Crippen LogP contribution in [0.4, 0.5) is 4.39 Å². The van der Waals surface area contributed by atoms with Crippen LogP contribution in [0.1, 0.15) is 44.7 Å². The average molecular weight is 362 g/mol. The number of unbranched alkanes of at least 4 members (excludes halogenated alkanes) is 1. The molecule has 0 saturated heterocycles. The predicted molar refractivity (Wildman–Crippen MR) is 111 cm³/mol. The van der Waals surface area contributed by atoms with E-state index in [0.29, 0.717) is 11.6 Å². The molecule has 1 aromatic heterocycles. The fourth-order valence-corrected chi connectivity index (χ4v) is 3.37. The quantitative estimate of drug-likeness (QED) is 0.603. The zero-order chi connectivity index (χ0) is 19.4. The lowest BCUT2D eigenvalue weighted by Crippen LogP contribution is -2.24. The van der Waals surface area contributed by atoms with Gasteiger partial charge in [0, 0.05) is 41.3 Å². The molecule has 0 amide bonds. The molecule has 1 aliphatic rings. The van der Waals surface area contributed by atoms with Crippen LogP contribution in [0.25, 0.3) is 16.8 Å². The summed E-state index contributed by atoms with van der Waals surface area (Å²) in [6.07, 6.45) is 12.9. The van der Waals surface area contributed by atoms with Crippen molar-refractivity contribution in [3.8, 4) is 11.3 Å². The number of benzene rings is 1. The van der Waals surface area contributed by atoms with Crippen LogP contribution in [0.15, 0.2) is 66.7 Å². The van der Waals surface area contributed by atoms with Crippen LogP contribution < -0.4 is 0 Å². The molecule has 1 atom stereocenters. The van der Waals surface area contributed by atoms with E-state index in [1.54, 1.807) is 19.2 Å². The van der Waals surface area contributed by atoms with Gasteiger partial charge in [0.25, 0.3) is 0 Å². The maximum Gasteiger partial charge on any atom is 0.126 e. The van der Waals surface area contributed by atoms with Crippen LogP contribution in [-0.4, -0.2) is 15.9 Å². The summed E-state index contributed by atoms with van der Waals surface area (Å²) in [6.45, 7) is 8.30. The van der Waals surface area contributed by atoms with Gasteiger partial charge in [-0.2, -0.15) is 0 Å². The van der Waals surface area contributed by atoms with Gasteiger partial charge in [-0.25, -0.2) is 4.39 Å². The van der Waals surface area contributed by atoms with Crippen molar-refractivity contribution >= 4 is 5.57 Å². The minimum absolute atomic E-state index is 0.190. The summed E-state index contributed by atoms with van der Waals surface area (Å²) < 4.78 is 13.7. The van der Waals surface area contributed by atoms with E-state index in [1.807, 2.05) is 12.1 Å². The molecule has 1 aliphatic heterocycles. The first-order valence-corrected chi connectivity index (χ1v) is 9.58. The van der Waals surface area contributed by atoms with Crippen molar-refractivity contribution in [2.45, 2.75) is 46.6 Å². The van der Waals surface area contributed by atoms with E-state index in [1.165, 1.54) is 11.6 Å². The Morgan fingerprint density at radius 2 is 2.04 bits per heavy atom.